The van der Waals surface area contributed by atoms with E-state index in [0.29, 0.717) is 38.0 Å². The molecule has 2 aliphatic rings. The fourth-order valence-corrected chi connectivity index (χ4v) is 3.74. The molecule has 1 N–H and O–H groups in total. The summed E-state index contributed by atoms with van der Waals surface area (Å²) in [6.45, 7) is 2.36. The van der Waals surface area contributed by atoms with Crippen LogP contribution in [0.1, 0.15) is 29.2 Å². The van der Waals surface area contributed by atoms with Gasteiger partial charge >= 0.3 is 0 Å². The van der Waals surface area contributed by atoms with E-state index in [4.69, 9.17) is 9.47 Å². The van der Waals surface area contributed by atoms with E-state index in [1.54, 1.807) is 17.3 Å². The molecular weight excluding hydrogens is 370 g/mol. The second-order valence-corrected chi connectivity index (χ2v) is 7.15. The van der Waals surface area contributed by atoms with Crippen molar-refractivity contribution >= 4 is 22.5 Å². The average molecular weight is 391 g/mol. The second kappa shape index (κ2) is 7.63. The van der Waals surface area contributed by atoms with Gasteiger partial charge in [0, 0.05) is 25.4 Å². The van der Waals surface area contributed by atoms with E-state index in [0.717, 1.165) is 35.1 Å². The van der Waals surface area contributed by atoms with E-state index in [-0.39, 0.29) is 12.0 Å². The van der Waals surface area contributed by atoms with Gasteiger partial charge < -0.3 is 19.4 Å². The third-order valence-electron chi connectivity index (χ3n) is 5.23. The third-order valence-corrected chi connectivity index (χ3v) is 5.23. The lowest BCUT2D eigenvalue weighted by Crippen LogP contribution is -2.31. The standard InChI is InChI=1S/C21H21N5O3/c27-21(19-24-16-3-1-2-4-17(16)25-19)26-10-5-15(13-26)29-20-18(22-8-9-23-20)14-6-11-28-12-7-14/h1-4,6,8-9,15H,5,7,10-13H2,(H,24,25)/t15-/m1/s1. The molecule has 1 aromatic carbocycles. The third kappa shape index (κ3) is 3.58. The van der Waals surface area contributed by atoms with Crippen LogP contribution in [0.3, 0.4) is 0 Å². The first kappa shape index (κ1) is 17.8. The molecule has 4 heterocycles. The summed E-state index contributed by atoms with van der Waals surface area (Å²) in [5.74, 6) is 0.766. The average Bonchev–Trinajstić information content (AvgIpc) is 3.41. The summed E-state index contributed by atoms with van der Waals surface area (Å²) in [5, 5.41) is 0. The van der Waals surface area contributed by atoms with Gasteiger partial charge in [-0.05, 0) is 24.1 Å². The number of likely N-dealkylation sites (tertiary alicyclic amines) is 1. The van der Waals surface area contributed by atoms with Crippen LogP contribution in [0.4, 0.5) is 0 Å². The van der Waals surface area contributed by atoms with E-state index in [9.17, 15) is 4.79 Å². The first-order valence-corrected chi connectivity index (χ1v) is 9.77. The lowest BCUT2D eigenvalue weighted by molar-refractivity contribution is 0.0760. The van der Waals surface area contributed by atoms with Crippen molar-refractivity contribution in [3.63, 3.8) is 0 Å². The van der Waals surface area contributed by atoms with Gasteiger partial charge in [0.15, 0.2) is 5.82 Å². The Morgan fingerprint density at radius 3 is 3.00 bits per heavy atom. The number of amides is 1. The second-order valence-electron chi connectivity index (χ2n) is 7.15. The summed E-state index contributed by atoms with van der Waals surface area (Å²) in [6.07, 6.45) is 6.72. The number of aromatic amines is 1. The van der Waals surface area contributed by atoms with Crippen molar-refractivity contribution in [3.05, 3.63) is 54.3 Å². The van der Waals surface area contributed by atoms with Crippen LogP contribution in [0.2, 0.25) is 0 Å². The van der Waals surface area contributed by atoms with Crippen molar-refractivity contribution in [1.82, 2.24) is 24.8 Å². The van der Waals surface area contributed by atoms with Gasteiger partial charge in [0.1, 0.15) is 11.8 Å². The highest BCUT2D eigenvalue weighted by atomic mass is 16.5. The largest absolute Gasteiger partial charge is 0.471 e. The van der Waals surface area contributed by atoms with Crippen LogP contribution in [0.5, 0.6) is 5.88 Å². The predicted octanol–water partition coefficient (Wildman–Crippen LogP) is 2.45. The van der Waals surface area contributed by atoms with Gasteiger partial charge in [0.2, 0.25) is 5.88 Å². The summed E-state index contributed by atoms with van der Waals surface area (Å²) >= 11 is 0. The number of para-hydroxylation sites is 2. The summed E-state index contributed by atoms with van der Waals surface area (Å²) < 4.78 is 11.5. The predicted molar refractivity (Wildman–Crippen MR) is 106 cm³/mol. The highest BCUT2D eigenvalue weighted by Gasteiger charge is 2.31. The number of hydrogen-bond donors (Lipinski definition) is 1. The zero-order valence-corrected chi connectivity index (χ0v) is 15.9. The number of H-pyrrole nitrogens is 1. The molecule has 0 spiro atoms. The van der Waals surface area contributed by atoms with E-state index in [2.05, 4.69) is 19.9 Å². The first-order chi connectivity index (χ1) is 14.3. The van der Waals surface area contributed by atoms with Crippen LogP contribution >= 0.6 is 0 Å². The van der Waals surface area contributed by atoms with Crippen molar-refractivity contribution in [1.29, 1.82) is 0 Å². The monoisotopic (exact) mass is 391 g/mol. The zero-order chi connectivity index (χ0) is 19.6. The summed E-state index contributed by atoms with van der Waals surface area (Å²) in [7, 11) is 0. The molecule has 8 nitrogen and oxygen atoms in total. The molecule has 2 aromatic heterocycles. The maximum absolute atomic E-state index is 12.9. The number of aromatic nitrogens is 4. The Bertz CT molecular complexity index is 1040. The number of benzene rings is 1. The number of carbonyl (C=O) groups excluding carboxylic acids is 1. The number of imidazole rings is 1. The minimum atomic E-state index is -0.126. The molecule has 0 saturated carbocycles. The van der Waals surface area contributed by atoms with Gasteiger partial charge in [-0.25, -0.2) is 15.0 Å². The Balaban J connectivity index is 1.29. The number of nitrogens with one attached hydrogen (secondary N) is 1. The van der Waals surface area contributed by atoms with E-state index in [1.165, 1.54) is 0 Å². The van der Waals surface area contributed by atoms with Crippen molar-refractivity contribution < 1.29 is 14.3 Å². The van der Waals surface area contributed by atoms with Gasteiger partial charge in [0.05, 0.1) is 30.8 Å². The molecule has 8 heteroatoms. The fraction of sp³-hybridized carbons (Fsp3) is 0.333. The van der Waals surface area contributed by atoms with Crippen LogP contribution in [-0.4, -0.2) is 63.2 Å². The fourth-order valence-electron chi connectivity index (χ4n) is 3.74. The molecule has 1 amide bonds. The molecule has 0 bridgehead atoms. The smallest absolute Gasteiger partial charge is 0.289 e. The number of fused-ring (bicyclic) bond motifs is 1. The van der Waals surface area contributed by atoms with Gasteiger partial charge in [-0.15, -0.1) is 0 Å². The topological polar surface area (TPSA) is 93.2 Å². The van der Waals surface area contributed by atoms with Crippen LogP contribution in [0.25, 0.3) is 16.6 Å². The minimum absolute atomic E-state index is 0.112. The molecule has 0 aliphatic carbocycles. The number of carbonyl (C=O) groups is 1. The maximum atomic E-state index is 12.9. The van der Waals surface area contributed by atoms with Gasteiger partial charge in [-0.1, -0.05) is 18.2 Å². The molecule has 148 valence electrons. The highest BCUT2D eigenvalue weighted by molar-refractivity contribution is 5.94. The summed E-state index contributed by atoms with van der Waals surface area (Å²) in [5.41, 5.74) is 3.50. The Hall–Kier alpha value is -3.26. The molecule has 1 fully saturated rings. The molecule has 5 rings (SSSR count). The van der Waals surface area contributed by atoms with Gasteiger partial charge in [0.25, 0.3) is 5.91 Å². The van der Waals surface area contributed by atoms with Gasteiger partial charge in [-0.2, -0.15) is 0 Å². The van der Waals surface area contributed by atoms with Crippen molar-refractivity contribution in [2.24, 2.45) is 0 Å². The van der Waals surface area contributed by atoms with Crippen molar-refractivity contribution in [3.8, 4) is 5.88 Å². The molecule has 0 unspecified atom stereocenters. The quantitative estimate of drug-likeness (QED) is 0.734. The number of ether oxygens (including phenoxy) is 2. The lowest BCUT2D eigenvalue weighted by Gasteiger charge is -2.19. The van der Waals surface area contributed by atoms with Crippen molar-refractivity contribution in [2.75, 3.05) is 26.3 Å². The minimum Gasteiger partial charge on any atom is -0.471 e. The van der Waals surface area contributed by atoms with Crippen LogP contribution < -0.4 is 4.74 Å². The van der Waals surface area contributed by atoms with E-state index >= 15 is 0 Å². The molecule has 0 radical (unpaired) electrons. The molecule has 3 aromatic rings. The van der Waals surface area contributed by atoms with Crippen LogP contribution in [0.15, 0.2) is 42.7 Å². The Kier molecular flexibility index (Phi) is 4.69. The first-order valence-electron chi connectivity index (χ1n) is 9.77. The Labute approximate surface area is 167 Å². The SMILES string of the molecule is O=C(c1nc2ccccc2[nH]1)N1CC[C@@H](Oc2nccnc2C2=CCOCC2)C1. The number of rotatable bonds is 4. The van der Waals surface area contributed by atoms with E-state index in [1.807, 2.05) is 30.3 Å². The molecule has 2 aliphatic heterocycles. The van der Waals surface area contributed by atoms with Crippen molar-refractivity contribution in [2.45, 2.75) is 18.9 Å². The van der Waals surface area contributed by atoms with E-state index < -0.39 is 0 Å². The number of hydrogen-bond acceptors (Lipinski definition) is 6. The van der Waals surface area contributed by atoms with Crippen LogP contribution in [-0.2, 0) is 4.74 Å². The lowest BCUT2D eigenvalue weighted by atomic mass is 10.1. The summed E-state index contributed by atoms with van der Waals surface area (Å²) in [4.78, 5) is 31.0. The highest BCUT2D eigenvalue weighted by Crippen LogP contribution is 2.28. The van der Waals surface area contributed by atoms with Crippen LogP contribution in [0, 0.1) is 0 Å². The Morgan fingerprint density at radius 1 is 1.24 bits per heavy atom. The zero-order valence-electron chi connectivity index (χ0n) is 15.9. The Morgan fingerprint density at radius 2 is 2.14 bits per heavy atom. The molecule has 29 heavy (non-hydrogen) atoms. The summed E-state index contributed by atoms with van der Waals surface area (Å²) in [6, 6.07) is 7.62. The molecule has 1 saturated heterocycles. The molecule has 1 atom stereocenters. The maximum Gasteiger partial charge on any atom is 0.289 e. The van der Waals surface area contributed by atoms with Gasteiger partial charge in [-0.3, -0.25) is 4.79 Å². The molecular formula is C21H21N5O3. The number of nitrogens with zero attached hydrogens (tertiary/aromatic N) is 4. The normalized spacial score (nSPS) is 19.4.